The van der Waals surface area contributed by atoms with Crippen LogP contribution in [0.3, 0.4) is 0 Å². The van der Waals surface area contributed by atoms with Gasteiger partial charge in [0, 0.05) is 18.8 Å². The maximum Gasteiger partial charge on any atom is 0.0398 e. The molecule has 0 aliphatic heterocycles. The van der Waals surface area contributed by atoms with Crippen LogP contribution in [0.15, 0.2) is 24.3 Å². The number of hydrogen-bond acceptors (Lipinski definition) is 1. The fourth-order valence-corrected chi connectivity index (χ4v) is 3.26. The summed E-state index contributed by atoms with van der Waals surface area (Å²) in [5.41, 5.74) is 3.03. The van der Waals surface area contributed by atoms with E-state index in [9.17, 15) is 0 Å². The normalized spacial score (nSPS) is 16.8. The van der Waals surface area contributed by atoms with Crippen molar-refractivity contribution in [1.82, 2.24) is 0 Å². The Morgan fingerprint density at radius 3 is 2.33 bits per heavy atom. The van der Waals surface area contributed by atoms with Gasteiger partial charge < -0.3 is 4.90 Å². The zero-order valence-corrected chi connectivity index (χ0v) is 12.0. The number of rotatable bonds is 5. The number of para-hydroxylation sites is 1. The van der Waals surface area contributed by atoms with Crippen LogP contribution in [0.2, 0.25) is 0 Å². The van der Waals surface area contributed by atoms with Gasteiger partial charge in [-0.15, -0.1) is 0 Å². The number of benzene rings is 1. The molecule has 0 spiro atoms. The van der Waals surface area contributed by atoms with Crippen molar-refractivity contribution in [3.05, 3.63) is 29.8 Å². The lowest BCUT2D eigenvalue weighted by molar-refractivity contribution is 0.356. The lowest BCUT2D eigenvalue weighted by Gasteiger charge is -2.27. The maximum atomic E-state index is 2.48. The molecule has 0 heterocycles. The minimum atomic E-state index is 0.926. The van der Waals surface area contributed by atoms with Crippen LogP contribution in [0.1, 0.15) is 51.5 Å². The summed E-state index contributed by atoms with van der Waals surface area (Å²) in [5, 5.41) is 0. The van der Waals surface area contributed by atoms with Gasteiger partial charge in [0.2, 0.25) is 0 Å². The molecule has 2 rings (SSSR count). The van der Waals surface area contributed by atoms with Crippen molar-refractivity contribution in [3.63, 3.8) is 0 Å². The largest absolute Gasteiger partial charge is 0.372 e. The minimum Gasteiger partial charge on any atom is -0.372 e. The molecule has 0 unspecified atom stereocenters. The summed E-state index contributed by atoms with van der Waals surface area (Å²) >= 11 is 0. The van der Waals surface area contributed by atoms with Crippen LogP contribution in [0.25, 0.3) is 0 Å². The zero-order chi connectivity index (χ0) is 12.8. The molecule has 1 aromatic rings. The maximum absolute atomic E-state index is 2.48. The monoisotopic (exact) mass is 245 g/mol. The quantitative estimate of drug-likeness (QED) is 0.729. The minimum absolute atomic E-state index is 0.926. The molecule has 0 bridgehead atoms. The summed E-state index contributed by atoms with van der Waals surface area (Å²) in [6.07, 6.45) is 8.50. The topological polar surface area (TPSA) is 3.24 Å². The van der Waals surface area contributed by atoms with Gasteiger partial charge in [-0.2, -0.15) is 0 Å². The van der Waals surface area contributed by atoms with Crippen LogP contribution in [0.4, 0.5) is 5.69 Å². The smallest absolute Gasteiger partial charge is 0.0398 e. The zero-order valence-electron chi connectivity index (χ0n) is 12.0. The highest BCUT2D eigenvalue weighted by Gasteiger charge is 2.16. The first-order valence-electron chi connectivity index (χ1n) is 7.68. The Morgan fingerprint density at radius 1 is 1.00 bits per heavy atom. The van der Waals surface area contributed by atoms with E-state index in [1.54, 1.807) is 5.56 Å². The fraction of sp³-hybridized carbons (Fsp3) is 0.647. The summed E-state index contributed by atoms with van der Waals surface area (Å²) in [4.78, 5) is 2.48. The molecule has 1 aliphatic carbocycles. The van der Waals surface area contributed by atoms with Crippen LogP contribution in [0, 0.1) is 5.92 Å². The number of hydrogen-bond donors (Lipinski definition) is 0. The molecule has 0 radical (unpaired) electrons. The molecule has 0 atom stereocenters. The highest BCUT2D eigenvalue weighted by atomic mass is 15.1. The van der Waals surface area contributed by atoms with E-state index < -0.39 is 0 Å². The van der Waals surface area contributed by atoms with E-state index in [0.29, 0.717) is 0 Å². The molecule has 18 heavy (non-hydrogen) atoms. The molecule has 1 heteroatoms. The predicted molar refractivity (Wildman–Crippen MR) is 80.3 cm³/mol. The van der Waals surface area contributed by atoms with Crippen LogP contribution in [0.5, 0.6) is 0 Å². The van der Waals surface area contributed by atoms with Crippen molar-refractivity contribution in [3.8, 4) is 0 Å². The lowest BCUT2D eigenvalue weighted by Crippen LogP contribution is -2.23. The highest BCUT2D eigenvalue weighted by Crippen LogP contribution is 2.30. The van der Waals surface area contributed by atoms with E-state index in [1.807, 2.05) is 0 Å². The Hall–Kier alpha value is -0.980. The summed E-state index contributed by atoms with van der Waals surface area (Å²) < 4.78 is 0. The van der Waals surface area contributed by atoms with Crippen LogP contribution < -0.4 is 4.90 Å². The van der Waals surface area contributed by atoms with Crippen molar-refractivity contribution in [1.29, 1.82) is 0 Å². The van der Waals surface area contributed by atoms with Gasteiger partial charge in [0.1, 0.15) is 0 Å². The molecular weight excluding hydrogens is 218 g/mol. The molecule has 0 aromatic heterocycles. The molecule has 1 saturated carbocycles. The van der Waals surface area contributed by atoms with Gasteiger partial charge in [0.25, 0.3) is 0 Å². The third-order valence-corrected chi connectivity index (χ3v) is 4.33. The Bertz CT molecular complexity index is 348. The second-order valence-corrected chi connectivity index (χ2v) is 5.51. The lowest BCUT2D eigenvalue weighted by atomic mass is 9.84. The second kappa shape index (κ2) is 6.82. The van der Waals surface area contributed by atoms with Gasteiger partial charge in [-0.1, -0.05) is 50.3 Å². The van der Waals surface area contributed by atoms with E-state index in [2.05, 4.69) is 43.0 Å². The first-order valence-corrected chi connectivity index (χ1v) is 7.68. The molecule has 100 valence electrons. The van der Waals surface area contributed by atoms with Gasteiger partial charge >= 0.3 is 0 Å². The summed E-state index contributed by atoms with van der Waals surface area (Å²) in [7, 11) is 0. The summed E-state index contributed by atoms with van der Waals surface area (Å²) in [6.45, 7) is 6.72. The van der Waals surface area contributed by atoms with E-state index >= 15 is 0 Å². The molecular formula is C17H27N. The molecule has 1 aromatic carbocycles. The first-order chi connectivity index (χ1) is 8.85. The van der Waals surface area contributed by atoms with E-state index in [4.69, 9.17) is 0 Å². The van der Waals surface area contributed by atoms with Crippen LogP contribution in [-0.2, 0) is 6.42 Å². The van der Waals surface area contributed by atoms with E-state index in [0.717, 1.165) is 19.0 Å². The molecule has 0 saturated heterocycles. The predicted octanol–water partition coefficient (Wildman–Crippen LogP) is 4.66. The van der Waals surface area contributed by atoms with E-state index in [-0.39, 0.29) is 0 Å². The van der Waals surface area contributed by atoms with Gasteiger partial charge in [0.05, 0.1) is 0 Å². The van der Waals surface area contributed by atoms with Crippen LogP contribution in [-0.4, -0.2) is 13.1 Å². The average Bonchev–Trinajstić information content (AvgIpc) is 2.43. The van der Waals surface area contributed by atoms with Crippen molar-refractivity contribution in [2.75, 3.05) is 18.0 Å². The number of nitrogens with zero attached hydrogens (tertiary/aromatic N) is 1. The van der Waals surface area contributed by atoms with Crippen molar-refractivity contribution >= 4 is 5.69 Å². The van der Waals surface area contributed by atoms with Crippen molar-refractivity contribution in [2.45, 2.75) is 52.4 Å². The van der Waals surface area contributed by atoms with Crippen LogP contribution >= 0.6 is 0 Å². The SMILES string of the molecule is CCN(CC)c1ccccc1CC1CCCCC1. The standard InChI is InChI=1S/C17H27N/c1-3-18(4-2)17-13-9-8-12-16(17)14-15-10-6-5-7-11-15/h8-9,12-13,15H,3-7,10-11,14H2,1-2H3. The molecule has 1 nitrogen and oxygen atoms in total. The summed E-state index contributed by atoms with van der Waals surface area (Å²) in [5.74, 6) is 0.926. The first kappa shape index (κ1) is 13.5. The van der Waals surface area contributed by atoms with Gasteiger partial charge in [-0.25, -0.2) is 0 Å². The Kier molecular flexibility index (Phi) is 5.10. The Labute approximate surface area is 112 Å². The average molecular weight is 245 g/mol. The second-order valence-electron chi connectivity index (χ2n) is 5.51. The third-order valence-electron chi connectivity index (χ3n) is 4.33. The van der Waals surface area contributed by atoms with E-state index in [1.165, 1.54) is 44.2 Å². The molecule has 0 N–H and O–H groups in total. The molecule has 1 fully saturated rings. The van der Waals surface area contributed by atoms with Crippen molar-refractivity contribution in [2.24, 2.45) is 5.92 Å². The molecule has 1 aliphatic rings. The summed E-state index contributed by atoms with van der Waals surface area (Å²) in [6, 6.07) is 9.01. The number of anilines is 1. The fourth-order valence-electron chi connectivity index (χ4n) is 3.26. The van der Waals surface area contributed by atoms with Gasteiger partial charge in [-0.3, -0.25) is 0 Å². The van der Waals surface area contributed by atoms with Gasteiger partial charge in [-0.05, 0) is 37.8 Å². The third kappa shape index (κ3) is 3.28. The van der Waals surface area contributed by atoms with Gasteiger partial charge in [0.15, 0.2) is 0 Å². The molecule has 0 amide bonds. The Morgan fingerprint density at radius 2 is 1.67 bits per heavy atom. The van der Waals surface area contributed by atoms with Crippen molar-refractivity contribution < 1.29 is 0 Å². The Balaban J connectivity index is 2.10. The highest BCUT2D eigenvalue weighted by molar-refractivity contribution is 5.53.